The Hall–Kier alpha value is -1.39. The molecule has 104 valence electrons. The molecule has 0 radical (unpaired) electrons. The van der Waals surface area contributed by atoms with Gasteiger partial charge in [-0.1, -0.05) is 19.3 Å². The highest BCUT2D eigenvalue weighted by Gasteiger charge is 2.34. The Morgan fingerprint density at radius 1 is 1.26 bits per heavy atom. The monoisotopic (exact) mass is 264 g/mol. The van der Waals surface area contributed by atoms with Crippen LogP contribution in [0.25, 0.3) is 0 Å². The van der Waals surface area contributed by atoms with Crippen LogP contribution in [0.3, 0.4) is 0 Å². The fraction of sp³-hybridized carbons (Fsp3) is 0.714. The van der Waals surface area contributed by atoms with E-state index in [4.69, 9.17) is 0 Å². The number of hydrogen-bond donors (Lipinski definition) is 0. The Bertz CT molecular complexity index is 459. The first-order chi connectivity index (χ1) is 9.15. The molecule has 1 saturated carbocycles. The fourth-order valence-corrected chi connectivity index (χ4v) is 3.06. The van der Waals surface area contributed by atoms with E-state index in [0.717, 1.165) is 24.9 Å². The summed E-state index contributed by atoms with van der Waals surface area (Å²) in [6, 6.07) is 0. The quantitative estimate of drug-likeness (QED) is 0.838. The highest BCUT2D eigenvalue weighted by molar-refractivity contribution is 5.45. The molecule has 1 aromatic heterocycles. The number of hydrogen-bond acceptors (Lipinski definition) is 4. The molecule has 1 unspecified atom stereocenters. The van der Waals surface area contributed by atoms with Crippen molar-refractivity contribution in [2.45, 2.75) is 25.7 Å². The lowest BCUT2D eigenvalue weighted by Crippen LogP contribution is -2.28. The van der Waals surface area contributed by atoms with Gasteiger partial charge in [-0.3, -0.25) is 0 Å². The van der Waals surface area contributed by atoms with Crippen molar-refractivity contribution in [2.75, 3.05) is 37.0 Å². The summed E-state index contributed by atoms with van der Waals surface area (Å²) < 4.78 is 13.9. The molecular weight excluding hydrogens is 243 g/mol. The molecule has 0 spiro atoms. The summed E-state index contributed by atoms with van der Waals surface area (Å²) in [6.07, 6.45) is 6.54. The Labute approximate surface area is 113 Å². The van der Waals surface area contributed by atoms with E-state index in [0.29, 0.717) is 11.8 Å². The maximum absolute atomic E-state index is 13.9. The molecule has 1 atom stereocenters. The van der Waals surface area contributed by atoms with Gasteiger partial charge in [-0.2, -0.15) is 4.98 Å². The third-order valence-electron chi connectivity index (χ3n) is 4.45. The summed E-state index contributed by atoms with van der Waals surface area (Å²) in [5.74, 6) is 2.33. The summed E-state index contributed by atoms with van der Waals surface area (Å²) in [4.78, 5) is 12.3. The second-order valence-corrected chi connectivity index (χ2v) is 5.92. The van der Waals surface area contributed by atoms with Gasteiger partial charge in [0.2, 0.25) is 5.95 Å². The van der Waals surface area contributed by atoms with E-state index in [-0.39, 0.29) is 5.82 Å². The molecule has 1 aliphatic heterocycles. The van der Waals surface area contributed by atoms with Crippen molar-refractivity contribution >= 4 is 11.8 Å². The second kappa shape index (κ2) is 4.94. The van der Waals surface area contributed by atoms with Crippen molar-refractivity contribution in [3.63, 3.8) is 0 Å². The van der Waals surface area contributed by atoms with Crippen LogP contribution in [0, 0.1) is 17.7 Å². The van der Waals surface area contributed by atoms with Crippen LogP contribution in [0.1, 0.15) is 25.7 Å². The Balaban J connectivity index is 1.76. The lowest BCUT2D eigenvalue weighted by molar-refractivity contribution is 0.221. The van der Waals surface area contributed by atoms with Crippen LogP contribution in [0.5, 0.6) is 0 Å². The van der Waals surface area contributed by atoms with Gasteiger partial charge in [0, 0.05) is 27.2 Å². The van der Waals surface area contributed by atoms with Gasteiger partial charge in [-0.05, 0) is 18.3 Å². The van der Waals surface area contributed by atoms with E-state index in [1.54, 1.807) is 0 Å². The molecule has 0 bridgehead atoms. The van der Waals surface area contributed by atoms with Crippen molar-refractivity contribution in [1.29, 1.82) is 0 Å². The van der Waals surface area contributed by atoms with E-state index < -0.39 is 0 Å². The zero-order chi connectivity index (χ0) is 13.4. The van der Waals surface area contributed by atoms with Crippen LogP contribution < -0.4 is 9.80 Å². The molecule has 0 aromatic carbocycles. The lowest BCUT2D eigenvalue weighted by atomic mass is 9.75. The third-order valence-corrected chi connectivity index (χ3v) is 4.45. The van der Waals surface area contributed by atoms with E-state index in [1.807, 2.05) is 19.0 Å². The van der Waals surface area contributed by atoms with Crippen molar-refractivity contribution in [2.24, 2.45) is 11.8 Å². The van der Waals surface area contributed by atoms with Crippen molar-refractivity contribution in [3.8, 4) is 0 Å². The number of anilines is 2. The zero-order valence-electron chi connectivity index (χ0n) is 11.6. The zero-order valence-corrected chi connectivity index (χ0v) is 11.6. The van der Waals surface area contributed by atoms with Gasteiger partial charge >= 0.3 is 0 Å². The molecule has 2 fully saturated rings. The largest absolute Gasteiger partial charge is 0.354 e. The lowest BCUT2D eigenvalue weighted by Gasteiger charge is -2.31. The van der Waals surface area contributed by atoms with Crippen LogP contribution in [0.4, 0.5) is 16.2 Å². The number of rotatable bonds is 3. The van der Waals surface area contributed by atoms with Crippen LogP contribution in [0.2, 0.25) is 0 Å². The average molecular weight is 264 g/mol. The summed E-state index contributed by atoms with van der Waals surface area (Å²) in [7, 11) is 3.75. The molecule has 1 aliphatic carbocycles. The molecule has 5 heteroatoms. The third kappa shape index (κ3) is 2.38. The minimum absolute atomic E-state index is 0.306. The van der Waals surface area contributed by atoms with Crippen LogP contribution in [-0.2, 0) is 0 Å². The molecule has 2 aliphatic rings. The average Bonchev–Trinajstić information content (AvgIpc) is 2.76. The highest BCUT2D eigenvalue weighted by Crippen LogP contribution is 2.39. The predicted molar refractivity (Wildman–Crippen MR) is 74.0 cm³/mol. The summed E-state index contributed by atoms with van der Waals surface area (Å²) >= 11 is 0. The van der Waals surface area contributed by atoms with Gasteiger partial charge in [0.25, 0.3) is 0 Å². The van der Waals surface area contributed by atoms with Crippen molar-refractivity contribution < 1.29 is 4.39 Å². The Morgan fingerprint density at radius 3 is 2.68 bits per heavy atom. The first-order valence-corrected chi connectivity index (χ1v) is 7.10. The minimum Gasteiger partial charge on any atom is -0.354 e. The summed E-state index contributed by atoms with van der Waals surface area (Å²) in [5.41, 5.74) is 0. The summed E-state index contributed by atoms with van der Waals surface area (Å²) in [5, 5.41) is 0. The smallest absolute Gasteiger partial charge is 0.226 e. The van der Waals surface area contributed by atoms with Crippen LogP contribution in [-0.4, -0.2) is 37.2 Å². The van der Waals surface area contributed by atoms with Gasteiger partial charge in [0.15, 0.2) is 11.6 Å². The first-order valence-electron chi connectivity index (χ1n) is 7.10. The predicted octanol–water partition coefficient (Wildman–Crippen LogP) is 2.31. The normalized spacial score (nSPS) is 23.5. The topological polar surface area (TPSA) is 32.3 Å². The first kappa shape index (κ1) is 12.6. The molecule has 1 saturated heterocycles. The van der Waals surface area contributed by atoms with E-state index in [9.17, 15) is 4.39 Å². The van der Waals surface area contributed by atoms with E-state index >= 15 is 0 Å². The number of halogens is 1. The molecular formula is C14H21FN4. The van der Waals surface area contributed by atoms with Gasteiger partial charge < -0.3 is 9.80 Å². The highest BCUT2D eigenvalue weighted by atomic mass is 19.1. The molecule has 4 nitrogen and oxygen atoms in total. The maximum atomic E-state index is 13.9. The Kier molecular flexibility index (Phi) is 3.29. The SMILES string of the molecule is CN(C)c1ncc(F)c(N2CCC(C3CCC3)C2)n1. The van der Waals surface area contributed by atoms with E-state index in [1.165, 1.54) is 31.9 Å². The number of aromatic nitrogens is 2. The van der Waals surface area contributed by atoms with Crippen LogP contribution >= 0.6 is 0 Å². The Morgan fingerprint density at radius 2 is 2.05 bits per heavy atom. The molecule has 3 rings (SSSR count). The minimum atomic E-state index is -0.306. The van der Waals surface area contributed by atoms with Crippen LogP contribution in [0.15, 0.2) is 6.20 Å². The van der Waals surface area contributed by atoms with E-state index in [2.05, 4.69) is 14.9 Å². The summed E-state index contributed by atoms with van der Waals surface area (Å²) in [6.45, 7) is 1.87. The number of nitrogens with zero attached hydrogens (tertiary/aromatic N) is 4. The molecule has 2 heterocycles. The molecule has 0 N–H and O–H groups in total. The van der Waals surface area contributed by atoms with Gasteiger partial charge in [0.1, 0.15) is 0 Å². The molecule has 0 amide bonds. The standard InChI is InChI=1S/C14H21FN4/c1-18(2)14-16-8-12(15)13(17-14)19-7-6-11(9-19)10-4-3-5-10/h8,10-11H,3-7,9H2,1-2H3. The molecule has 19 heavy (non-hydrogen) atoms. The fourth-order valence-electron chi connectivity index (χ4n) is 3.06. The van der Waals surface area contributed by atoms with Crippen molar-refractivity contribution in [3.05, 3.63) is 12.0 Å². The maximum Gasteiger partial charge on any atom is 0.226 e. The van der Waals surface area contributed by atoms with Gasteiger partial charge in [-0.15, -0.1) is 0 Å². The van der Waals surface area contributed by atoms with Gasteiger partial charge in [0.05, 0.1) is 6.20 Å². The molecule has 1 aromatic rings. The van der Waals surface area contributed by atoms with Crippen molar-refractivity contribution in [1.82, 2.24) is 9.97 Å². The second-order valence-electron chi connectivity index (χ2n) is 5.92. The van der Waals surface area contributed by atoms with Gasteiger partial charge in [-0.25, -0.2) is 9.37 Å².